The van der Waals surface area contributed by atoms with Crippen LogP contribution in [0.25, 0.3) is 0 Å². The number of nitrogens with one attached hydrogen (secondary N) is 2. The van der Waals surface area contributed by atoms with Crippen LogP contribution in [-0.4, -0.2) is 60.4 Å². The lowest BCUT2D eigenvalue weighted by Gasteiger charge is -2.47. The van der Waals surface area contributed by atoms with Crippen molar-refractivity contribution in [3.63, 3.8) is 0 Å². The van der Waals surface area contributed by atoms with Gasteiger partial charge in [-0.3, -0.25) is 9.59 Å². The monoisotopic (exact) mass is 562 g/mol. The van der Waals surface area contributed by atoms with Gasteiger partial charge in [-0.25, -0.2) is 0 Å². The van der Waals surface area contributed by atoms with Gasteiger partial charge in [-0.1, -0.05) is 20.8 Å². The molecule has 36 heavy (non-hydrogen) atoms. The molecular formula is C18H20F14N2O2. The van der Waals surface area contributed by atoms with Crippen LogP contribution in [0.5, 0.6) is 0 Å². The van der Waals surface area contributed by atoms with Gasteiger partial charge < -0.3 is 10.6 Å². The molecular weight excluding hydrogens is 542 g/mol. The van der Waals surface area contributed by atoms with Gasteiger partial charge in [-0.2, -0.15) is 61.5 Å². The molecule has 1 aliphatic rings. The Morgan fingerprint density at radius 3 is 1.47 bits per heavy atom. The van der Waals surface area contributed by atoms with Crippen molar-refractivity contribution >= 4 is 11.8 Å². The Kier molecular flexibility index (Phi) is 8.05. The Morgan fingerprint density at radius 1 is 0.694 bits per heavy atom. The maximum Gasteiger partial charge on any atom is 0.460 e. The summed E-state index contributed by atoms with van der Waals surface area (Å²) in [5.41, 5.74) is -2.68. The summed E-state index contributed by atoms with van der Waals surface area (Å²) in [6, 6.07) is -1.60. The molecule has 0 radical (unpaired) electrons. The molecule has 0 bridgehead atoms. The second-order valence-electron chi connectivity index (χ2n) is 9.71. The van der Waals surface area contributed by atoms with Crippen molar-refractivity contribution < 1.29 is 71.1 Å². The summed E-state index contributed by atoms with van der Waals surface area (Å²) in [5.74, 6) is -32.1. The zero-order chi connectivity index (χ0) is 29.0. The van der Waals surface area contributed by atoms with Crippen molar-refractivity contribution in [2.75, 3.05) is 6.54 Å². The van der Waals surface area contributed by atoms with E-state index in [1.54, 1.807) is 0 Å². The van der Waals surface area contributed by atoms with Gasteiger partial charge >= 0.3 is 36.0 Å². The van der Waals surface area contributed by atoms with Crippen molar-refractivity contribution in [1.82, 2.24) is 10.6 Å². The average Bonchev–Trinajstić information content (AvgIpc) is 2.62. The molecule has 0 spiro atoms. The lowest BCUT2D eigenvalue weighted by atomic mass is 9.62. The highest BCUT2D eigenvalue weighted by Gasteiger charge is 2.77. The van der Waals surface area contributed by atoms with E-state index in [2.05, 4.69) is 0 Å². The molecule has 1 aliphatic carbocycles. The van der Waals surface area contributed by atoms with Gasteiger partial charge in [0, 0.05) is 12.6 Å². The Balaban J connectivity index is 3.08. The Hall–Kier alpha value is -2.04. The first kappa shape index (κ1) is 32.0. The molecule has 0 aromatic rings. The first-order valence-electron chi connectivity index (χ1n) is 9.78. The lowest BCUT2D eigenvalue weighted by molar-refractivity contribution is -0.344. The molecule has 0 unspecified atom stereocenters. The first-order chi connectivity index (χ1) is 15.5. The highest BCUT2D eigenvalue weighted by molar-refractivity contribution is 5.85. The van der Waals surface area contributed by atoms with Gasteiger partial charge in [0.1, 0.15) is 0 Å². The maximum atomic E-state index is 13.6. The molecule has 1 rings (SSSR count). The van der Waals surface area contributed by atoms with Crippen LogP contribution < -0.4 is 10.6 Å². The number of amides is 2. The third kappa shape index (κ3) is 5.92. The summed E-state index contributed by atoms with van der Waals surface area (Å²) < 4.78 is 180. The highest BCUT2D eigenvalue weighted by atomic mass is 19.4. The standard InChI is InChI=1S/C18H20F14N2O2/c1-11(2)4-8(34-10(36)14(21,22)16(25,26)18(30,31)32)5-12(3,6-11)7-33-9(35)13(19,20)15(23,24)17(27,28)29/h8H,4-7H2,1-3H3,(H,33,35)(H,34,36)/t8-,12+/m1/s1. The van der Waals surface area contributed by atoms with Crippen LogP contribution in [0.1, 0.15) is 40.0 Å². The van der Waals surface area contributed by atoms with Crippen molar-refractivity contribution in [3.05, 3.63) is 0 Å². The fraction of sp³-hybridized carbons (Fsp3) is 0.889. The average molecular weight is 562 g/mol. The fourth-order valence-electron chi connectivity index (χ4n) is 4.19. The molecule has 0 aromatic heterocycles. The first-order valence-corrected chi connectivity index (χ1v) is 9.78. The topological polar surface area (TPSA) is 58.2 Å². The maximum absolute atomic E-state index is 13.6. The third-order valence-corrected chi connectivity index (χ3v) is 5.53. The lowest BCUT2D eigenvalue weighted by Crippen LogP contribution is -2.62. The van der Waals surface area contributed by atoms with E-state index in [4.69, 9.17) is 0 Å². The predicted octanol–water partition coefficient (Wildman–Crippen LogP) is 5.47. The third-order valence-electron chi connectivity index (χ3n) is 5.53. The van der Waals surface area contributed by atoms with Crippen LogP contribution in [0.2, 0.25) is 0 Å². The summed E-state index contributed by atoms with van der Waals surface area (Å²) >= 11 is 0. The number of carbonyl (C=O) groups is 2. The number of alkyl halides is 14. The second-order valence-corrected chi connectivity index (χ2v) is 9.71. The van der Waals surface area contributed by atoms with Crippen molar-refractivity contribution in [2.24, 2.45) is 10.8 Å². The second kappa shape index (κ2) is 9.06. The van der Waals surface area contributed by atoms with Crippen molar-refractivity contribution in [2.45, 2.75) is 82.1 Å². The van der Waals surface area contributed by atoms with Crippen LogP contribution in [0.4, 0.5) is 61.5 Å². The normalized spacial score (nSPS) is 24.3. The van der Waals surface area contributed by atoms with Crippen LogP contribution >= 0.6 is 0 Å². The summed E-state index contributed by atoms with van der Waals surface area (Å²) in [4.78, 5) is 23.2. The zero-order valence-electron chi connectivity index (χ0n) is 18.5. The zero-order valence-corrected chi connectivity index (χ0v) is 18.5. The van der Waals surface area contributed by atoms with E-state index in [0.29, 0.717) is 0 Å². The SMILES string of the molecule is CC1(C)C[C@@H](NC(=O)C(F)(F)C(F)(F)C(F)(F)F)C[C@](C)(CNC(=O)C(F)(F)C(F)(F)C(F)(F)F)C1. The molecule has 0 heterocycles. The Labute approximate surface area is 194 Å². The molecule has 2 amide bonds. The number of halogens is 14. The molecule has 1 saturated carbocycles. The molecule has 1 fully saturated rings. The van der Waals surface area contributed by atoms with E-state index in [0.717, 1.165) is 6.92 Å². The summed E-state index contributed by atoms with van der Waals surface area (Å²) in [7, 11) is 0. The van der Waals surface area contributed by atoms with Gasteiger partial charge in [0.05, 0.1) is 0 Å². The molecule has 4 nitrogen and oxygen atoms in total. The minimum atomic E-state index is -6.80. The minimum absolute atomic E-state index is 0.150. The van der Waals surface area contributed by atoms with Crippen molar-refractivity contribution in [3.8, 4) is 0 Å². The number of carbonyl (C=O) groups excluding carboxylic acids is 2. The largest absolute Gasteiger partial charge is 0.460 e. The number of rotatable bonds is 7. The number of hydrogen-bond acceptors (Lipinski definition) is 2. The Bertz CT molecular complexity index is 850. The number of hydrogen-bond donors (Lipinski definition) is 2. The van der Waals surface area contributed by atoms with Gasteiger partial charge in [-0.05, 0) is 30.1 Å². The highest BCUT2D eigenvalue weighted by Crippen LogP contribution is 2.49. The Morgan fingerprint density at radius 2 is 1.08 bits per heavy atom. The summed E-state index contributed by atoms with van der Waals surface area (Å²) in [5, 5.41) is 2.51. The summed E-state index contributed by atoms with van der Waals surface area (Å²) in [6.45, 7) is 2.76. The van der Waals surface area contributed by atoms with Gasteiger partial charge in [0.2, 0.25) is 0 Å². The van der Waals surface area contributed by atoms with Gasteiger partial charge in [0.15, 0.2) is 0 Å². The van der Waals surface area contributed by atoms with Gasteiger partial charge in [-0.15, -0.1) is 0 Å². The molecule has 0 aromatic carbocycles. The van der Waals surface area contributed by atoms with Crippen LogP contribution in [-0.2, 0) is 9.59 Å². The van der Waals surface area contributed by atoms with E-state index in [1.807, 2.05) is 0 Å². The molecule has 212 valence electrons. The van der Waals surface area contributed by atoms with E-state index < -0.39 is 77.7 Å². The van der Waals surface area contributed by atoms with Crippen LogP contribution in [0.3, 0.4) is 0 Å². The molecule has 2 N–H and O–H groups in total. The quantitative estimate of drug-likeness (QED) is 0.405. The van der Waals surface area contributed by atoms with E-state index in [-0.39, 0.29) is 12.8 Å². The van der Waals surface area contributed by atoms with E-state index in [9.17, 15) is 71.1 Å². The smallest absolute Gasteiger partial charge is 0.350 e. The van der Waals surface area contributed by atoms with E-state index in [1.165, 1.54) is 24.5 Å². The molecule has 2 atom stereocenters. The predicted molar refractivity (Wildman–Crippen MR) is 92.6 cm³/mol. The van der Waals surface area contributed by atoms with Gasteiger partial charge in [0.25, 0.3) is 11.8 Å². The summed E-state index contributed by atoms with van der Waals surface area (Å²) in [6.07, 6.45) is -14.7. The van der Waals surface area contributed by atoms with Crippen LogP contribution in [0, 0.1) is 10.8 Å². The van der Waals surface area contributed by atoms with Crippen LogP contribution in [0.15, 0.2) is 0 Å². The molecule has 0 aliphatic heterocycles. The van der Waals surface area contributed by atoms with E-state index >= 15 is 0 Å². The fourth-order valence-corrected chi connectivity index (χ4v) is 4.19. The minimum Gasteiger partial charge on any atom is -0.350 e. The molecule has 0 saturated heterocycles. The molecule has 18 heteroatoms. The van der Waals surface area contributed by atoms with Crippen molar-refractivity contribution in [1.29, 1.82) is 0 Å².